The molecule has 1 N–H and O–H groups in total. The molecule has 0 aliphatic heterocycles. The molecule has 0 atom stereocenters. The SMILES string of the molecule is O=C(OCCO)c1cn(C2CC2)c2cc(F)ccc2c1=O. The van der Waals surface area contributed by atoms with Crippen molar-refractivity contribution in [3.63, 3.8) is 0 Å². The summed E-state index contributed by atoms with van der Waals surface area (Å²) in [6.45, 7) is -0.468. The quantitative estimate of drug-likeness (QED) is 0.869. The van der Waals surface area contributed by atoms with Crippen molar-refractivity contribution in [1.82, 2.24) is 4.57 Å². The van der Waals surface area contributed by atoms with Gasteiger partial charge in [0.2, 0.25) is 5.43 Å². The van der Waals surface area contributed by atoms with Crippen molar-refractivity contribution >= 4 is 16.9 Å². The van der Waals surface area contributed by atoms with Crippen molar-refractivity contribution in [2.24, 2.45) is 0 Å². The Morgan fingerprint density at radius 1 is 1.43 bits per heavy atom. The zero-order chi connectivity index (χ0) is 15.0. The van der Waals surface area contributed by atoms with E-state index in [1.165, 1.54) is 24.4 Å². The number of hydrogen-bond donors (Lipinski definition) is 1. The van der Waals surface area contributed by atoms with Gasteiger partial charge in [0.05, 0.1) is 12.1 Å². The number of nitrogens with zero attached hydrogens (tertiary/aromatic N) is 1. The summed E-state index contributed by atoms with van der Waals surface area (Å²) in [5.41, 5.74) is -0.0829. The van der Waals surface area contributed by atoms with Crippen LogP contribution in [0.4, 0.5) is 4.39 Å². The summed E-state index contributed by atoms with van der Waals surface area (Å²) >= 11 is 0. The normalized spacial score (nSPS) is 14.4. The average Bonchev–Trinajstić information content (AvgIpc) is 3.29. The summed E-state index contributed by atoms with van der Waals surface area (Å²) in [6.07, 6.45) is 3.29. The second kappa shape index (κ2) is 5.29. The topological polar surface area (TPSA) is 68.5 Å². The van der Waals surface area contributed by atoms with E-state index in [-0.39, 0.29) is 24.8 Å². The molecule has 2 aromatic rings. The van der Waals surface area contributed by atoms with Crippen molar-refractivity contribution in [3.05, 3.63) is 46.0 Å². The maximum Gasteiger partial charge on any atom is 0.343 e. The van der Waals surface area contributed by atoms with Crippen LogP contribution in [0.2, 0.25) is 0 Å². The first-order valence-corrected chi connectivity index (χ1v) is 6.74. The lowest BCUT2D eigenvalue weighted by molar-refractivity contribution is 0.0431. The van der Waals surface area contributed by atoms with Crippen LogP contribution in [-0.2, 0) is 4.74 Å². The Kier molecular flexibility index (Phi) is 3.47. The van der Waals surface area contributed by atoms with Gasteiger partial charge < -0.3 is 14.4 Å². The molecule has 1 aromatic heterocycles. The molecule has 1 aliphatic rings. The minimum absolute atomic E-state index is 0.0885. The molecule has 1 aromatic carbocycles. The fourth-order valence-electron chi connectivity index (χ4n) is 2.34. The molecule has 0 saturated heterocycles. The summed E-state index contributed by atoms with van der Waals surface area (Å²) in [7, 11) is 0. The molecule has 1 saturated carbocycles. The first-order valence-electron chi connectivity index (χ1n) is 6.74. The summed E-state index contributed by atoms with van der Waals surface area (Å²) in [5.74, 6) is -1.19. The molecule has 1 fully saturated rings. The number of carbonyl (C=O) groups excluding carboxylic acids is 1. The van der Waals surface area contributed by atoms with E-state index in [1.807, 2.05) is 0 Å². The van der Waals surface area contributed by atoms with Crippen LogP contribution in [0.15, 0.2) is 29.2 Å². The van der Waals surface area contributed by atoms with Gasteiger partial charge in [0.1, 0.15) is 18.0 Å². The van der Waals surface area contributed by atoms with Crippen molar-refractivity contribution < 1.29 is 19.0 Å². The number of aliphatic hydroxyl groups excluding tert-OH is 1. The Balaban J connectivity index is 2.18. The molecule has 1 heterocycles. The molecule has 110 valence electrons. The third-order valence-corrected chi connectivity index (χ3v) is 3.48. The Hall–Kier alpha value is -2.21. The summed E-state index contributed by atoms with van der Waals surface area (Å²) < 4.78 is 20.0. The van der Waals surface area contributed by atoms with Crippen molar-refractivity contribution in [1.29, 1.82) is 0 Å². The number of halogens is 1. The highest BCUT2D eigenvalue weighted by Crippen LogP contribution is 2.37. The number of rotatable bonds is 4. The third-order valence-electron chi connectivity index (χ3n) is 3.48. The number of esters is 1. The molecule has 21 heavy (non-hydrogen) atoms. The lowest BCUT2D eigenvalue weighted by Gasteiger charge is -2.12. The maximum atomic E-state index is 13.4. The van der Waals surface area contributed by atoms with E-state index in [4.69, 9.17) is 9.84 Å². The number of ether oxygens (including phenoxy) is 1. The van der Waals surface area contributed by atoms with Gasteiger partial charge in [-0.25, -0.2) is 9.18 Å². The molecular formula is C15H14FNO4. The lowest BCUT2D eigenvalue weighted by atomic mass is 10.1. The Labute approximate surface area is 119 Å². The average molecular weight is 291 g/mol. The monoisotopic (exact) mass is 291 g/mol. The van der Waals surface area contributed by atoms with Crippen molar-refractivity contribution in [2.75, 3.05) is 13.2 Å². The summed E-state index contributed by atoms with van der Waals surface area (Å²) in [5, 5.41) is 8.98. The molecule has 6 heteroatoms. The van der Waals surface area contributed by atoms with Gasteiger partial charge in [0, 0.05) is 17.6 Å². The summed E-state index contributed by atoms with van der Waals surface area (Å²) in [6, 6.07) is 4.07. The largest absolute Gasteiger partial charge is 0.460 e. The van der Waals surface area contributed by atoms with Gasteiger partial charge in [0.25, 0.3) is 0 Å². The molecule has 0 unspecified atom stereocenters. The van der Waals surface area contributed by atoms with Gasteiger partial charge in [-0.1, -0.05) is 0 Å². The molecule has 1 aliphatic carbocycles. The Morgan fingerprint density at radius 3 is 2.86 bits per heavy atom. The predicted octanol–water partition coefficient (Wildman–Crippen LogP) is 1.62. The maximum absolute atomic E-state index is 13.4. The molecular weight excluding hydrogens is 277 g/mol. The second-order valence-corrected chi connectivity index (χ2v) is 5.03. The number of aliphatic hydroxyl groups is 1. The van der Waals surface area contributed by atoms with Crippen molar-refractivity contribution in [3.8, 4) is 0 Å². The number of pyridine rings is 1. The van der Waals surface area contributed by atoms with Gasteiger partial charge in [-0.2, -0.15) is 0 Å². The van der Waals surface area contributed by atoms with Gasteiger partial charge in [0.15, 0.2) is 0 Å². The van der Waals surface area contributed by atoms with E-state index >= 15 is 0 Å². The van der Waals surface area contributed by atoms with Crippen LogP contribution >= 0.6 is 0 Å². The van der Waals surface area contributed by atoms with E-state index < -0.39 is 17.2 Å². The predicted molar refractivity (Wildman–Crippen MR) is 73.8 cm³/mol. The second-order valence-electron chi connectivity index (χ2n) is 5.03. The standard InChI is InChI=1S/C15H14FNO4/c16-9-1-4-11-13(7-9)17(10-2-3-10)8-12(14(11)19)15(20)21-6-5-18/h1,4,7-8,10,18H,2-3,5-6H2. The van der Waals surface area contributed by atoms with Gasteiger partial charge >= 0.3 is 5.97 Å². The van der Waals surface area contributed by atoms with Crippen LogP contribution in [0, 0.1) is 5.82 Å². The van der Waals surface area contributed by atoms with Crippen LogP contribution in [-0.4, -0.2) is 28.9 Å². The fourth-order valence-corrected chi connectivity index (χ4v) is 2.34. The summed E-state index contributed by atoms with van der Waals surface area (Å²) in [4.78, 5) is 24.2. The minimum Gasteiger partial charge on any atom is -0.460 e. The van der Waals surface area contributed by atoms with Crippen LogP contribution in [0.25, 0.3) is 10.9 Å². The smallest absolute Gasteiger partial charge is 0.343 e. The number of benzene rings is 1. The fraction of sp³-hybridized carbons (Fsp3) is 0.333. The van der Waals surface area contributed by atoms with E-state index in [0.29, 0.717) is 10.9 Å². The van der Waals surface area contributed by atoms with Gasteiger partial charge in [-0.15, -0.1) is 0 Å². The Morgan fingerprint density at radius 2 is 2.19 bits per heavy atom. The molecule has 3 rings (SSSR count). The first-order chi connectivity index (χ1) is 10.1. The molecule has 0 radical (unpaired) electrons. The zero-order valence-corrected chi connectivity index (χ0v) is 11.2. The third kappa shape index (κ3) is 2.54. The number of fused-ring (bicyclic) bond motifs is 1. The lowest BCUT2D eigenvalue weighted by Crippen LogP contribution is -2.21. The molecule has 0 spiro atoms. The van der Waals surface area contributed by atoms with Crippen LogP contribution in [0.5, 0.6) is 0 Å². The highest BCUT2D eigenvalue weighted by molar-refractivity contribution is 5.93. The van der Waals surface area contributed by atoms with E-state index in [9.17, 15) is 14.0 Å². The van der Waals surface area contributed by atoms with Crippen LogP contribution < -0.4 is 5.43 Å². The first kappa shape index (κ1) is 13.8. The van der Waals surface area contributed by atoms with E-state index in [0.717, 1.165) is 12.8 Å². The van der Waals surface area contributed by atoms with Crippen LogP contribution in [0.3, 0.4) is 0 Å². The number of carbonyl (C=O) groups is 1. The van der Waals surface area contributed by atoms with Crippen molar-refractivity contribution in [2.45, 2.75) is 18.9 Å². The number of hydrogen-bond acceptors (Lipinski definition) is 4. The molecule has 0 amide bonds. The highest BCUT2D eigenvalue weighted by Gasteiger charge is 2.27. The van der Waals surface area contributed by atoms with Gasteiger partial charge in [-0.3, -0.25) is 4.79 Å². The molecule has 0 bridgehead atoms. The highest BCUT2D eigenvalue weighted by atomic mass is 19.1. The minimum atomic E-state index is -0.769. The Bertz CT molecular complexity index is 764. The zero-order valence-electron chi connectivity index (χ0n) is 11.2. The number of aromatic nitrogens is 1. The van der Waals surface area contributed by atoms with E-state index in [1.54, 1.807) is 4.57 Å². The van der Waals surface area contributed by atoms with E-state index in [2.05, 4.69) is 0 Å². The van der Waals surface area contributed by atoms with Gasteiger partial charge in [-0.05, 0) is 31.0 Å². The van der Waals surface area contributed by atoms with Crippen LogP contribution in [0.1, 0.15) is 29.2 Å². The molecule has 5 nitrogen and oxygen atoms in total.